The molecule has 112 valence electrons. The van der Waals surface area contributed by atoms with Crippen LogP contribution in [0.2, 0.25) is 0 Å². The number of nitro benzene ring substituents is 2. The molecule has 2 aromatic rings. The van der Waals surface area contributed by atoms with Crippen molar-refractivity contribution < 1.29 is 15.0 Å². The van der Waals surface area contributed by atoms with E-state index in [9.17, 15) is 25.3 Å². The minimum absolute atomic E-state index is 0.136. The van der Waals surface area contributed by atoms with E-state index in [1.54, 1.807) is 18.3 Å². The Labute approximate surface area is 123 Å². The van der Waals surface area contributed by atoms with Crippen LogP contribution in [0, 0.1) is 27.2 Å². The maximum Gasteiger partial charge on any atom is 0.318 e. The summed E-state index contributed by atoms with van der Waals surface area (Å²) in [5, 5.41) is 31.4. The molecular formula is C13H10N4O5. The van der Waals surface area contributed by atoms with Gasteiger partial charge in [-0.1, -0.05) is 6.07 Å². The molecule has 1 aromatic carbocycles. The van der Waals surface area contributed by atoms with Gasteiger partial charge in [0, 0.05) is 24.0 Å². The molecule has 0 radical (unpaired) electrons. The Morgan fingerprint density at radius 2 is 1.95 bits per heavy atom. The van der Waals surface area contributed by atoms with Gasteiger partial charge in [-0.2, -0.15) is 0 Å². The molecule has 0 unspecified atom stereocenters. The van der Waals surface area contributed by atoms with E-state index >= 15 is 0 Å². The lowest BCUT2D eigenvalue weighted by molar-refractivity contribution is -0.394. The third kappa shape index (κ3) is 3.20. The van der Waals surface area contributed by atoms with E-state index in [0.29, 0.717) is 11.9 Å². The highest BCUT2D eigenvalue weighted by Gasteiger charge is 2.22. The minimum atomic E-state index is -0.899. The molecule has 0 bridgehead atoms. The lowest BCUT2D eigenvalue weighted by Gasteiger charge is -2.01. The number of pyridine rings is 1. The molecule has 1 N–H and O–H groups in total. The first-order valence-corrected chi connectivity index (χ1v) is 6.01. The number of phenols is 1. The van der Waals surface area contributed by atoms with Gasteiger partial charge in [-0.05, 0) is 18.6 Å². The predicted octanol–water partition coefficient (Wildman–Crippen LogP) is 2.66. The standard InChI is InChI=1S/C13H10N4O5/c1-8-2-3-12(14-6-8)15-7-9-4-10(16(19)20)5-11(13(9)18)17(21)22/h2-7,18H,1H3. The summed E-state index contributed by atoms with van der Waals surface area (Å²) in [7, 11) is 0. The van der Waals surface area contributed by atoms with Crippen LogP contribution in [0.3, 0.4) is 0 Å². The number of aliphatic imine (C=N–C) groups is 1. The average Bonchev–Trinajstić information content (AvgIpc) is 2.47. The van der Waals surface area contributed by atoms with E-state index in [0.717, 1.165) is 17.8 Å². The third-order valence-electron chi connectivity index (χ3n) is 2.74. The van der Waals surface area contributed by atoms with Crippen LogP contribution in [0.5, 0.6) is 5.75 Å². The topological polar surface area (TPSA) is 132 Å². The van der Waals surface area contributed by atoms with Crippen LogP contribution < -0.4 is 0 Å². The van der Waals surface area contributed by atoms with Crippen LogP contribution in [0.4, 0.5) is 17.2 Å². The molecule has 2 rings (SSSR count). The second kappa shape index (κ2) is 5.95. The third-order valence-corrected chi connectivity index (χ3v) is 2.74. The summed E-state index contributed by atoms with van der Waals surface area (Å²) in [6.07, 6.45) is 2.66. The lowest BCUT2D eigenvalue weighted by Crippen LogP contribution is -1.96. The summed E-state index contributed by atoms with van der Waals surface area (Å²) in [4.78, 5) is 27.9. The number of phenolic OH excluding ortho intramolecular Hbond substituents is 1. The summed E-state index contributed by atoms with van der Waals surface area (Å²) in [6, 6.07) is 5.06. The number of rotatable bonds is 4. The molecule has 22 heavy (non-hydrogen) atoms. The zero-order chi connectivity index (χ0) is 16.3. The first-order valence-electron chi connectivity index (χ1n) is 6.01. The molecule has 1 heterocycles. The van der Waals surface area contributed by atoms with Gasteiger partial charge in [0.15, 0.2) is 5.82 Å². The van der Waals surface area contributed by atoms with Gasteiger partial charge in [0.25, 0.3) is 5.69 Å². The molecule has 0 aliphatic rings. The molecule has 0 atom stereocenters. The van der Waals surface area contributed by atoms with Gasteiger partial charge in [0.05, 0.1) is 15.9 Å². The van der Waals surface area contributed by atoms with Gasteiger partial charge in [-0.15, -0.1) is 0 Å². The Kier molecular flexibility index (Phi) is 4.07. The zero-order valence-corrected chi connectivity index (χ0v) is 11.3. The first kappa shape index (κ1) is 15.0. The fraction of sp³-hybridized carbons (Fsp3) is 0.0769. The van der Waals surface area contributed by atoms with Crippen molar-refractivity contribution in [3.8, 4) is 5.75 Å². The maximum absolute atomic E-state index is 10.8. The number of aromatic hydroxyl groups is 1. The number of nitrogens with zero attached hydrogens (tertiary/aromatic N) is 4. The number of benzene rings is 1. The van der Waals surface area contributed by atoms with E-state index in [4.69, 9.17) is 0 Å². The number of aryl methyl sites for hydroxylation is 1. The second-order valence-electron chi connectivity index (χ2n) is 4.37. The quantitative estimate of drug-likeness (QED) is 0.524. The van der Waals surface area contributed by atoms with E-state index in [1.165, 1.54) is 0 Å². The van der Waals surface area contributed by atoms with Crippen molar-refractivity contribution in [3.05, 3.63) is 61.8 Å². The smallest absolute Gasteiger partial charge is 0.318 e. The molecule has 9 nitrogen and oxygen atoms in total. The lowest BCUT2D eigenvalue weighted by atomic mass is 10.1. The van der Waals surface area contributed by atoms with Crippen molar-refractivity contribution in [2.45, 2.75) is 6.92 Å². The summed E-state index contributed by atoms with van der Waals surface area (Å²) in [5.41, 5.74) is -0.480. The maximum atomic E-state index is 10.8. The SMILES string of the molecule is Cc1ccc(N=Cc2cc([N+](=O)[O-])cc([N+](=O)[O-])c2O)nc1. The van der Waals surface area contributed by atoms with Gasteiger partial charge in [-0.25, -0.2) is 9.98 Å². The molecule has 0 aliphatic heterocycles. The van der Waals surface area contributed by atoms with Crippen molar-refractivity contribution in [2.75, 3.05) is 0 Å². The monoisotopic (exact) mass is 302 g/mol. The molecule has 9 heteroatoms. The largest absolute Gasteiger partial charge is 0.502 e. The van der Waals surface area contributed by atoms with Crippen molar-refractivity contribution in [2.24, 2.45) is 4.99 Å². The Bertz CT molecular complexity index is 771. The van der Waals surface area contributed by atoms with E-state index in [-0.39, 0.29) is 5.56 Å². The van der Waals surface area contributed by atoms with Crippen molar-refractivity contribution in [3.63, 3.8) is 0 Å². The summed E-state index contributed by atoms with van der Waals surface area (Å²) >= 11 is 0. The molecule has 1 aromatic heterocycles. The first-order chi connectivity index (χ1) is 10.4. The van der Waals surface area contributed by atoms with Gasteiger partial charge < -0.3 is 5.11 Å². The molecule has 0 aliphatic carbocycles. The summed E-state index contributed by atoms with van der Waals surface area (Å²) < 4.78 is 0. The second-order valence-corrected chi connectivity index (χ2v) is 4.37. The molecule has 0 saturated carbocycles. The highest BCUT2D eigenvalue weighted by atomic mass is 16.6. The highest BCUT2D eigenvalue weighted by molar-refractivity contribution is 5.88. The fourth-order valence-corrected chi connectivity index (χ4v) is 1.64. The number of non-ortho nitro benzene ring substituents is 1. The Morgan fingerprint density at radius 3 is 2.50 bits per heavy atom. The number of nitro groups is 2. The fourth-order valence-electron chi connectivity index (χ4n) is 1.64. The number of hydrogen-bond acceptors (Lipinski definition) is 7. The van der Waals surface area contributed by atoms with Gasteiger partial charge in [0.2, 0.25) is 5.75 Å². The van der Waals surface area contributed by atoms with Crippen molar-refractivity contribution in [1.82, 2.24) is 4.98 Å². The number of aromatic nitrogens is 1. The Morgan fingerprint density at radius 1 is 1.23 bits per heavy atom. The van der Waals surface area contributed by atoms with Crippen molar-refractivity contribution >= 4 is 23.4 Å². The van der Waals surface area contributed by atoms with Gasteiger partial charge in [0.1, 0.15) is 0 Å². The minimum Gasteiger partial charge on any atom is -0.502 e. The van der Waals surface area contributed by atoms with E-state index in [1.807, 2.05) is 6.92 Å². The normalized spacial score (nSPS) is 10.8. The number of hydrogen-bond donors (Lipinski definition) is 1. The highest BCUT2D eigenvalue weighted by Crippen LogP contribution is 2.33. The Balaban J connectivity index is 2.47. The van der Waals surface area contributed by atoms with E-state index < -0.39 is 27.0 Å². The van der Waals surface area contributed by atoms with Gasteiger partial charge in [-0.3, -0.25) is 20.2 Å². The van der Waals surface area contributed by atoms with Crippen LogP contribution in [0.15, 0.2) is 35.5 Å². The van der Waals surface area contributed by atoms with Crippen LogP contribution >= 0.6 is 0 Å². The molecule has 0 saturated heterocycles. The summed E-state index contributed by atoms with van der Waals surface area (Å²) in [5.74, 6) is -0.384. The van der Waals surface area contributed by atoms with Crippen molar-refractivity contribution in [1.29, 1.82) is 0 Å². The summed E-state index contributed by atoms with van der Waals surface area (Å²) in [6.45, 7) is 1.84. The van der Waals surface area contributed by atoms with E-state index in [2.05, 4.69) is 9.98 Å². The van der Waals surface area contributed by atoms with Gasteiger partial charge >= 0.3 is 5.69 Å². The van der Waals surface area contributed by atoms with Crippen LogP contribution in [0.25, 0.3) is 0 Å². The predicted molar refractivity (Wildman–Crippen MR) is 77.6 cm³/mol. The van der Waals surface area contributed by atoms with Crippen LogP contribution in [-0.2, 0) is 0 Å². The molecular weight excluding hydrogens is 292 g/mol. The van der Waals surface area contributed by atoms with Crippen LogP contribution in [0.1, 0.15) is 11.1 Å². The Hall–Kier alpha value is -3.36. The molecule has 0 spiro atoms. The van der Waals surface area contributed by atoms with Crippen LogP contribution in [-0.4, -0.2) is 26.2 Å². The molecule has 0 fully saturated rings. The zero-order valence-electron chi connectivity index (χ0n) is 11.3. The molecule has 0 amide bonds. The average molecular weight is 302 g/mol.